The molecule has 0 aromatic carbocycles. The van der Waals surface area contributed by atoms with Gasteiger partial charge in [-0.15, -0.1) is 0 Å². The molecule has 1 fully saturated rings. The van der Waals surface area contributed by atoms with Gasteiger partial charge in [0, 0.05) is 19.0 Å². The van der Waals surface area contributed by atoms with E-state index in [0.717, 1.165) is 25.4 Å². The van der Waals surface area contributed by atoms with Crippen LogP contribution in [0.5, 0.6) is 0 Å². The Bertz CT molecular complexity index is 362. The highest BCUT2D eigenvalue weighted by Gasteiger charge is 2.29. The molecule has 1 aliphatic rings. The molecule has 0 bridgehead atoms. The highest BCUT2D eigenvalue weighted by molar-refractivity contribution is 4.99. The zero-order chi connectivity index (χ0) is 12.4. The SMILES string of the molecule is CC(O)Cc1noc(C2CCN(C(C)C)C2)n1. The quantitative estimate of drug-likeness (QED) is 0.855. The molecule has 17 heavy (non-hydrogen) atoms. The van der Waals surface area contributed by atoms with Crippen LogP contribution in [0.25, 0.3) is 0 Å². The molecule has 0 radical (unpaired) electrons. The first-order chi connectivity index (χ1) is 8.06. The van der Waals surface area contributed by atoms with Crippen molar-refractivity contribution in [2.24, 2.45) is 0 Å². The maximum atomic E-state index is 9.27. The van der Waals surface area contributed by atoms with E-state index < -0.39 is 6.10 Å². The Morgan fingerprint density at radius 2 is 2.24 bits per heavy atom. The van der Waals surface area contributed by atoms with Crippen LogP contribution >= 0.6 is 0 Å². The first kappa shape index (κ1) is 12.5. The van der Waals surface area contributed by atoms with Crippen molar-refractivity contribution in [3.05, 3.63) is 11.7 Å². The van der Waals surface area contributed by atoms with Gasteiger partial charge in [0.05, 0.1) is 12.0 Å². The summed E-state index contributed by atoms with van der Waals surface area (Å²) in [5.41, 5.74) is 0. The lowest BCUT2D eigenvalue weighted by atomic mass is 10.1. The van der Waals surface area contributed by atoms with Crippen molar-refractivity contribution in [2.75, 3.05) is 13.1 Å². The Kier molecular flexibility index (Phi) is 3.79. The average molecular weight is 239 g/mol. The average Bonchev–Trinajstić information content (AvgIpc) is 2.83. The fourth-order valence-corrected chi connectivity index (χ4v) is 2.24. The first-order valence-corrected chi connectivity index (χ1v) is 6.31. The van der Waals surface area contributed by atoms with E-state index in [-0.39, 0.29) is 0 Å². The molecule has 0 spiro atoms. The van der Waals surface area contributed by atoms with Crippen molar-refractivity contribution in [3.63, 3.8) is 0 Å². The molecule has 0 amide bonds. The van der Waals surface area contributed by atoms with Gasteiger partial charge < -0.3 is 14.5 Å². The minimum absolute atomic E-state index is 0.354. The number of rotatable bonds is 4. The molecule has 5 nitrogen and oxygen atoms in total. The van der Waals surface area contributed by atoms with Gasteiger partial charge in [-0.05, 0) is 33.7 Å². The third-order valence-corrected chi connectivity index (χ3v) is 3.26. The second-order valence-electron chi connectivity index (χ2n) is 5.18. The van der Waals surface area contributed by atoms with Gasteiger partial charge in [0.25, 0.3) is 0 Å². The van der Waals surface area contributed by atoms with Crippen LogP contribution in [-0.2, 0) is 6.42 Å². The van der Waals surface area contributed by atoms with Crippen LogP contribution in [0.2, 0.25) is 0 Å². The number of hydrogen-bond donors (Lipinski definition) is 1. The summed E-state index contributed by atoms with van der Waals surface area (Å²) < 4.78 is 5.28. The monoisotopic (exact) mass is 239 g/mol. The third-order valence-electron chi connectivity index (χ3n) is 3.26. The number of aliphatic hydroxyl groups is 1. The molecule has 1 aromatic rings. The summed E-state index contributed by atoms with van der Waals surface area (Å²) >= 11 is 0. The Morgan fingerprint density at radius 3 is 2.82 bits per heavy atom. The van der Waals surface area contributed by atoms with Crippen molar-refractivity contribution >= 4 is 0 Å². The van der Waals surface area contributed by atoms with Crippen molar-refractivity contribution < 1.29 is 9.63 Å². The lowest BCUT2D eigenvalue weighted by Gasteiger charge is -2.19. The number of likely N-dealkylation sites (tertiary alicyclic amines) is 1. The standard InChI is InChI=1S/C12H21N3O2/c1-8(2)15-5-4-10(7-15)12-13-11(14-17-12)6-9(3)16/h8-10,16H,4-7H2,1-3H3. The summed E-state index contributed by atoms with van der Waals surface area (Å²) in [7, 11) is 0. The van der Waals surface area contributed by atoms with E-state index >= 15 is 0 Å². The maximum absolute atomic E-state index is 9.27. The highest BCUT2D eigenvalue weighted by atomic mass is 16.5. The smallest absolute Gasteiger partial charge is 0.231 e. The molecule has 1 aromatic heterocycles. The van der Waals surface area contributed by atoms with E-state index in [4.69, 9.17) is 4.52 Å². The van der Waals surface area contributed by atoms with E-state index in [1.165, 1.54) is 0 Å². The molecular weight excluding hydrogens is 218 g/mol. The molecule has 2 rings (SSSR count). The maximum Gasteiger partial charge on any atom is 0.231 e. The fraction of sp³-hybridized carbons (Fsp3) is 0.833. The molecule has 1 aliphatic heterocycles. The molecule has 1 saturated heterocycles. The van der Waals surface area contributed by atoms with Gasteiger partial charge in [-0.25, -0.2) is 0 Å². The fourth-order valence-electron chi connectivity index (χ4n) is 2.24. The molecule has 5 heteroatoms. The summed E-state index contributed by atoms with van der Waals surface area (Å²) in [6.07, 6.45) is 1.12. The van der Waals surface area contributed by atoms with E-state index in [2.05, 4.69) is 28.9 Å². The molecule has 2 atom stereocenters. The van der Waals surface area contributed by atoms with Crippen molar-refractivity contribution in [2.45, 2.75) is 51.7 Å². The van der Waals surface area contributed by atoms with E-state index in [0.29, 0.717) is 24.2 Å². The van der Waals surface area contributed by atoms with Gasteiger partial charge in [-0.1, -0.05) is 5.16 Å². The second-order valence-corrected chi connectivity index (χ2v) is 5.18. The zero-order valence-corrected chi connectivity index (χ0v) is 10.8. The first-order valence-electron chi connectivity index (χ1n) is 6.31. The van der Waals surface area contributed by atoms with E-state index in [1.807, 2.05) is 0 Å². The van der Waals surface area contributed by atoms with Crippen LogP contribution in [-0.4, -0.2) is 45.4 Å². The van der Waals surface area contributed by atoms with Crippen molar-refractivity contribution in [3.8, 4) is 0 Å². The molecular formula is C12H21N3O2. The Hall–Kier alpha value is -0.940. The molecule has 0 aliphatic carbocycles. The minimum Gasteiger partial charge on any atom is -0.393 e. The summed E-state index contributed by atoms with van der Waals surface area (Å²) in [6, 6.07) is 0.569. The van der Waals surface area contributed by atoms with Crippen LogP contribution in [0.1, 0.15) is 44.8 Å². The number of hydrogen-bond acceptors (Lipinski definition) is 5. The van der Waals surface area contributed by atoms with Gasteiger partial charge in [-0.2, -0.15) is 4.98 Å². The molecule has 1 N–H and O–H groups in total. The number of aromatic nitrogens is 2. The number of aliphatic hydroxyl groups excluding tert-OH is 1. The predicted molar refractivity (Wildman–Crippen MR) is 63.7 cm³/mol. The van der Waals surface area contributed by atoms with Crippen LogP contribution in [0, 0.1) is 0 Å². The summed E-state index contributed by atoms with van der Waals surface area (Å²) in [6.45, 7) is 8.22. The zero-order valence-electron chi connectivity index (χ0n) is 10.8. The predicted octanol–water partition coefficient (Wildman–Crippen LogP) is 1.19. The topological polar surface area (TPSA) is 62.4 Å². The lowest BCUT2D eigenvalue weighted by Crippen LogP contribution is -2.27. The van der Waals surface area contributed by atoms with Crippen molar-refractivity contribution in [1.82, 2.24) is 15.0 Å². The van der Waals surface area contributed by atoms with Crippen LogP contribution in [0.15, 0.2) is 4.52 Å². The third kappa shape index (κ3) is 3.04. The largest absolute Gasteiger partial charge is 0.393 e. The van der Waals surface area contributed by atoms with Crippen molar-refractivity contribution in [1.29, 1.82) is 0 Å². The number of nitrogens with zero attached hydrogens (tertiary/aromatic N) is 3. The van der Waals surface area contributed by atoms with Gasteiger partial charge >= 0.3 is 0 Å². The van der Waals surface area contributed by atoms with Gasteiger partial charge in [0.2, 0.25) is 5.89 Å². The van der Waals surface area contributed by atoms with Crippen LogP contribution < -0.4 is 0 Å². The van der Waals surface area contributed by atoms with Crippen LogP contribution in [0.3, 0.4) is 0 Å². The second kappa shape index (κ2) is 5.14. The Balaban J connectivity index is 1.97. The molecule has 2 heterocycles. The van der Waals surface area contributed by atoms with Crippen LogP contribution in [0.4, 0.5) is 0 Å². The normalized spacial score (nSPS) is 23.5. The minimum atomic E-state index is -0.420. The molecule has 2 unspecified atom stereocenters. The Labute approximate surface area is 102 Å². The lowest BCUT2D eigenvalue weighted by molar-refractivity contribution is 0.191. The van der Waals surface area contributed by atoms with E-state index in [9.17, 15) is 5.11 Å². The van der Waals surface area contributed by atoms with Gasteiger partial charge in [0.1, 0.15) is 0 Å². The Morgan fingerprint density at radius 1 is 1.47 bits per heavy atom. The summed E-state index contributed by atoms with van der Waals surface area (Å²) in [5.74, 6) is 1.69. The summed E-state index contributed by atoms with van der Waals surface area (Å²) in [5, 5.41) is 13.2. The summed E-state index contributed by atoms with van der Waals surface area (Å²) in [4.78, 5) is 6.78. The van der Waals surface area contributed by atoms with Gasteiger partial charge in [-0.3, -0.25) is 0 Å². The highest BCUT2D eigenvalue weighted by Crippen LogP contribution is 2.27. The van der Waals surface area contributed by atoms with Gasteiger partial charge in [0.15, 0.2) is 5.82 Å². The molecule has 0 saturated carbocycles. The molecule has 96 valence electrons. The van der Waals surface area contributed by atoms with E-state index in [1.54, 1.807) is 6.92 Å².